The molecule has 0 fully saturated rings. The van der Waals surface area contributed by atoms with Crippen LogP contribution in [0.5, 0.6) is 5.75 Å². The molecule has 0 atom stereocenters. The van der Waals surface area contributed by atoms with E-state index in [2.05, 4.69) is 33.8 Å². The first-order chi connectivity index (χ1) is 13.7. The van der Waals surface area contributed by atoms with Crippen molar-refractivity contribution in [1.29, 1.82) is 0 Å². The van der Waals surface area contributed by atoms with E-state index >= 15 is 0 Å². The number of thioether (sulfide) groups is 1. The molecule has 0 aliphatic carbocycles. The van der Waals surface area contributed by atoms with Gasteiger partial charge in [0.25, 0.3) is 5.91 Å². The Morgan fingerprint density at radius 2 is 2.07 bits per heavy atom. The van der Waals surface area contributed by atoms with Crippen LogP contribution in [0.15, 0.2) is 62.8 Å². The molecule has 1 aliphatic rings. The van der Waals surface area contributed by atoms with Crippen molar-refractivity contribution in [3.05, 3.63) is 58.2 Å². The summed E-state index contributed by atoms with van der Waals surface area (Å²) in [6.07, 6.45) is 3.87. The van der Waals surface area contributed by atoms with Crippen LogP contribution >= 0.6 is 23.1 Å². The Morgan fingerprint density at radius 1 is 1.25 bits per heavy atom. The Kier molecular flexibility index (Phi) is 5.31. The number of hydrogen-bond donors (Lipinski definition) is 1. The maximum Gasteiger partial charge on any atom is 0.262 e. The third-order valence-corrected chi connectivity index (χ3v) is 5.87. The van der Waals surface area contributed by atoms with Crippen LogP contribution in [0.1, 0.15) is 5.56 Å². The first-order valence-corrected chi connectivity index (χ1v) is 10.7. The topological polar surface area (TPSA) is 68.0 Å². The quantitative estimate of drug-likeness (QED) is 0.527. The number of aromatic nitrogens is 1. The number of nitrogens with one attached hydrogen (secondary N) is 1. The second-order valence-electron chi connectivity index (χ2n) is 6.00. The van der Waals surface area contributed by atoms with Crippen LogP contribution in [0.3, 0.4) is 0 Å². The van der Waals surface area contributed by atoms with Gasteiger partial charge in [0.2, 0.25) is 4.80 Å². The molecule has 0 saturated heterocycles. The smallest absolute Gasteiger partial charge is 0.262 e. The molecular formula is C20H18N4O2S2. The van der Waals surface area contributed by atoms with E-state index in [4.69, 9.17) is 4.74 Å². The van der Waals surface area contributed by atoms with Crippen molar-refractivity contribution >= 4 is 40.9 Å². The van der Waals surface area contributed by atoms with Crippen LogP contribution in [0.2, 0.25) is 0 Å². The predicted molar refractivity (Wildman–Crippen MR) is 115 cm³/mol. The van der Waals surface area contributed by atoms with Gasteiger partial charge in [0, 0.05) is 22.9 Å². The van der Waals surface area contributed by atoms with Gasteiger partial charge in [-0.15, -0.1) is 23.1 Å². The molecule has 0 bridgehead atoms. The molecule has 1 aliphatic heterocycles. The molecule has 1 N–H and O–H groups in total. The Morgan fingerprint density at radius 3 is 2.82 bits per heavy atom. The normalized spacial score (nSPS) is 14.1. The van der Waals surface area contributed by atoms with Crippen molar-refractivity contribution < 1.29 is 9.53 Å². The number of anilines is 1. The number of benzene rings is 2. The fourth-order valence-electron chi connectivity index (χ4n) is 2.82. The molecule has 0 unspecified atom stereocenters. The fourth-order valence-corrected chi connectivity index (χ4v) is 4.03. The van der Waals surface area contributed by atoms with Crippen LogP contribution in [0.4, 0.5) is 5.69 Å². The highest BCUT2D eigenvalue weighted by Gasteiger charge is 2.17. The number of rotatable bonds is 4. The van der Waals surface area contributed by atoms with Gasteiger partial charge in [-0.1, -0.05) is 12.1 Å². The van der Waals surface area contributed by atoms with Gasteiger partial charge < -0.3 is 10.1 Å². The molecule has 28 heavy (non-hydrogen) atoms. The average molecular weight is 411 g/mol. The van der Waals surface area contributed by atoms with E-state index < -0.39 is 0 Å². The van der Waals surface area contributed by atoms with Gasteiger partial charge >= 0.3 is 0 Å². The van der Waals surface area contributed by atoms with Crippen molar-refractivity contribution in [3.63, 3.8) is 0 Å². The number of ether oxygens (including phenoxy) is 1. The minimum atomic E-state index is -0.154. The third-order valence-electron chi connectivity index (χ3n) is 4.22. The molecular weight excluding hydrogens is 392 g/mol. The second kappa shape index (κ2) is 8.04. The largest absolute Gasteiger partial charge is 0.482 e. The van der Waals surface area contributed by atoms with Crippen LogP contribution < -0.4 is 14.9 Å². The van der Waals surface area contributed by atoms with E-state index in [0.717, 1.165) is 21.6 Å². The Bertz CT molecular complexity index is 1110. The van der Waals surface area contributed by atoms with Crippen LogP contribution in [0.25, 0.3) is 11.3 Å². The third kappa shape index (κ3) is 3.74. The van der Waals surface area contributed by atoms with Crippen LogP contribution in [-0.4, -0.2) is 36.7 Å². The molecule has 2 aromatic carbocycles. The van der Waals surface area contributed by atoms with E-state index in [1.165, 1.54) is 16.2 Å². The lowest BCUT2D eigenvalue weighted by molar-refractivity contribution is -0.118. The maximum absolute atomic E-state index is 11.6. The SMILES string of the molecule is CN=c1scc(-c2ccc3c(c2)NC(=O)CO3)n1N=Cc1ccc(SC)cc1. The van der Waals surface area contributed by atoms with Crippen molar-refractivity contribution in [3.8, 4) is 17.0 Å². The van der Waals surface area contributed by atoms with E-state index in [9.17, 15) is 4.79 Å². The Hall–Kier alpha value is -2.84. The summed E-state index contributed by atoms with van der Waals surface area (Å²) >= 11 is 3.22. The first kappa shape index (κ1) is 18.5. The summed E-state index contributed by atoms with van der Waals surface area (Å²) in [4.78, 5) is 17.9. The summed E-state index contributed by atoms with van der Waals surface area (Å²) < 4.78 is 7.25. The summed E-state index contributed by atoms with van der Waals surface area (Å²) in [5.74, 6) is 0.515. The van der Waals surface area contributed by atoms with E-state index in [0.29, 0.717) is 11.4 Å². The zero-order chi connectivity index (χ0) is 19.5. The Balaban J connectivity index is 1.71. The molecule has 0 saturated carbocycles. The minimum absolute atomic E-state index is 0.0449. The van der Waals surface area contributed by atoms with Crippen molar-refractivity contribution in [2.45, 2.75) is 4.90 Å². The van der Waals surface area contributed by atoms with Crippen molar-refractivity contribution in [2.24, 2.45) is 10.1 Å². The van der Waals surface area contributed by atoms with Gasteiger partial charge in [0.15, 0.2) is 6.61 Å². The summed E-state index contributed by atoms with van der Waals surface area (Å²) in [6, 6.07) is 13.9. The number of amides is 1. The standard InChI is InChI=1S/C20H18N4O2S2/c1-21-20-24(22-10-13-3-6-15(27-2)7-4-13)17(12-28-20)14-5-8-18-16(9-14)23-19(25)11-26-18/h3-10,12H,11H2,1-2H3,(H,23,25). The van der Waals surface area contributed by atoms with Crippen LogP contribution in [-0.2, 0) is 4.79 Å². The van der Waals surface area contributed by atoms with E-state index in [1.807, 2.05) is 41.9 Å². The monoisotopic (exact) mass is 410 g/mol. The first-order valence-electron chi connectivity index (χ1n) is 8.57. The zero-order valence-corrected chi connectivity index (χ0v) is 17.0. The maximum atomic E-state index is 11.6. The Labute approximate surface area is 170 Å². The number of carbonyl (C=O) groups excluding carboxylic acids is 1. The van der Waals surface area contributed by atoms with Crippen molar-refractivity contribution in [2.75, 3.05) is 25.2 Å². The van der Waals surface area contributed by atoms with Gasteiger partial charge in [-0.2, -0.15) is 5.10 Å². The summed E-state index contributed by atoms with van der Waals surface area (Å²) in [7, 11) is 1.75. The number of thiazole rings is 1. The molecule has 3 aromatic rings. The molecule has 4 rings (SSSR count). The zero-order valence-electron chi connectivity index (χ0n) is 15.4. The van der Waals surface area contributed by atoms with Gasteiger partial charge in [-0.25, -0.2) is 4.68 Å². The van der Waals surface area contributed by atoms with Crippen molar-refractivity contribution in [1.82, 2.24) is 4.68 Å². The van der Waals surface area contributed by atoms with E-state index in [-0.39, 0.29) is 12.5 Å². The molecule has 1 amide bonds. The average Bonchev–Trinajstić information content (AvgIpc) is 3.15. The molecule has 1 aromatic heterocycles. The predicted octanol–water partition coefficient (Wildman–Crippen LogP) is 3.68. The lowest BCUT2D eigenvalue weighted by Crippen LogP contribution is -2.25. The molecule has 2 heterocycles. The van der Waals surface area contributed by atoms with Gasteiger partial charge in [-0.05, 0) is 42.2 Å². The molecule has 0 spiro atoms. The highest BCUT2D eigenvalue weighted by molar-refractivity contribution is 7.98. The number of hydrogen-bond acceptors (Lipinski definition) is 6. The van der Waals surface area contributed by atoms with Gasteiger partial charge in [0.1, 0.15) is 5.75 Å². The second-order valence-corrected chi connectivity index (χ2v) is 7.72. The van der Waals surface area contributed by atoms with Crippen LogP contribution in [0, 0.1) is 0 Å². The highest BCUT2D eigenvalue weighted by atomic mass is 32.2. The number of carbonyl (C=O) groups is 1. The molecule has 0 radical (unpaired) electrons. The van der Waals surface area contributed by atoms with E-state index in [1.54, 1.807) is 23.5 Å². The number of nitrogens with zero attached hydrogens (tertiary/aromatic N) is 3. The molecule has 6 nitrogen and oxygen atoms in total. The number of fused-ring (bicyclic) bond motifs is 1. The lowest BCUT2D eigenvalue weighted by Gasteiger charge is -2.18. The fraction of sp³-hybridized carbons (Fsp3) is 0.150. The molecule has 142 valence electrons. The van der Waals surface area contributed by atoms with Gasteiger partial charge in [0.05, 0.1) is 17.6 Å². The summed E-state index contributed by atoms with van der Waals surface area (Å²) in [5.41, 5.74) is 3.49. The highest BCUT2D eigenvalue weighted by Crippen LogP contribution is 2.32. The lowest BCUT2D eigenvalue weighted by atomic mass is 10.1. The van der Waals surface area contributed by atoms with Gasteiger partial charge in [-0.3, -0.25) is 9.79 Å². The minimum Gasteiger partial charge on any atom is -0.482 e. The molecule has 8 heteroatoms. The summed E-state index contributed by atoms with van der Waals surface area (Å²) in [5, 5.41) is 9.50. The summed E-state index contributed by atoms with van der Waals surface area (Å²) in [6.45, 7) is 0.0449.